The number of hydrogen-bond donors (Lipinski definition) is 1. The van der Waals surface area contributed by atoms with E-state index in [0.29, 0.717) is 18.7 Å². The van der Waals surface area contributed by atoms with Crippen LogP contribution in [0.5, 0.6) is 17.2 Å². The van der Waals surface area contributed by atoms with Gasteiger partial charge in [0, 0.05) is 30.0 Å². The molecule has 1 aromatic heterocycles. The first-order valence-corrected chi connectivity index (χ1v) is 9.87. The maximum Gasteiger partial charge on any atom is 0.236 e. The fourth-order valence-corrected chi connectivity index (χ4v) is 4.22. The molecule has 2 aromatic rings. The van der Waals surface area contributed by atoms with Gasteiger partial charge in [-0.1, -0.05) is 24.6 Å². The highest BCUT2D eigenvalue weighted by Crippen LogP contribution is 2.52. The van der Waals surface area contributed by atoms with Crippen molar-refractivity contribution in [1.29, 1.82) is 0 Å². The van der Waals surface area contributed by atoms with E-state index in [-0.39, 0.29) is 22.1 Å². The van der Waals surface area contributed by atoms with Crippen molar-refractivity contribution in [2.45, 2.75) is 25.5 Å². The zero-order chi connectivity index (χ0) is 21.5. The average Bonchev–Trinajstić information content (AvgIpc) is 3.07. The van der Waals surface area contributed by atoms with Gasteiger partial charge in [0.1, 0.15) is 22.1 Å². The van der Waals surface area contributed by atoms with Gasteiger partial charge in [-0.15, -0.1) is 0 Å². The molecule has 156 valence electrons. The van der Waals surface area contributed by atoms with Crippen molar-refractivity contribution in [3.63, 3.8) is 0 Å². The Kier molecular flexibility index (Phi) is 5.15. The van der Waals surface area contributed by atoms with Gasteiger partial charge in [-0.2, -0.15) is 0 Å². The molecule has 0 saturated heterocycles. The predicted octanol–water partition coefficient (Wildman–Crippen LogP) is 3.35. The van der Waals surface area contributed by atoms with E-state index in [1.54, 1.807) is 6.20 Å². The molecule has 2 unspecified atom stereocenters. The van der Waals surface area contributed by atoms with Gasteiger partial charge in [0.2, 0.25) is 17.2 Å². The SMILES string of the molecule is COc1cc(OC)c2c(c1Cl)OC1(C(=O)C=C(NCc3ccccn3)CC1C)C2=O. The number of hydrogen-bond acceptors (Lipinski definition) is 7. The third-order valence-electron chi connectivity index (χ3n) is 5.53. The molecule has 0 fully saturated rings. The van der Waals surface area contributed by atoms with Crippen molar-refractivity contribution in [3.8, 4) is 17.2 Å². The minimum Gasteiger partial charge on any atom is -0.496 e. The Hall–Kier alpha value is -3.06. The number of pyridine rings is 1. The minimum absolute atomic E-state index is 0.122. The second kappa shape index (κ2) is 7.65. The lowest BCUT2D eigenvalue weighted by molar-refractivity contribution is -0.129. The number of benzene rings is 1. The molecule has 1 aliphatic carbocycles. The number of nitrogens with zero attached hydrogens (tertiary/aromatic N) is 1. The molecule has 0 bridgehead atoms. The Morgan fingerprint density at radius 2 is 2.03 bits per heavy atom. The highest BCUT2D eigenvalue weighted by atomic mass is 35.5. The lowest BCUT2D eigenvalue weighted by Gasteiger charge is -2.35. The second-order valence-corrected chi connectivity index (χ2v) is 7.66. The van der Waals surface area contributed by atoms with Crippen molar-refractivity contribution in [2.75, 3.05) is 14.2 Å². The standard InChI is InChI=1S/C22H21ClN2O5/c1-12-8-14(25-11-13-6-4-5-7-24-13)9-17(26)22(12)21(27)18-15(28-2)10-16(29-3)19(23)20(18)30-22/h4-7,9-10,12,25H,8,11H2,1-3H3. The normalized spacial score (nSPS) is 22.4. The van der Waals surface area contributed by atoms with Crippen molar-refractivity contribution < 1.29 is 23.8 Å². The number of rotatable bonds is 5. The quantitative estimate of drug-likeness (QED) is 0.730. The molecule has 30 heavy (non-hydrogen) atoms. The van der Waals surface area contributed by atoms with Crippen molar-refractivity contribution in [3.05, 3.63) is 58.5 Å². The summed E-state index contributed by atoms with van der Waals surface area (Å²) in [6.07, 6.45) is 3.60. The third-order valence-corrected chi connectivity index (χ3v) is 5.89. The Bertz CT molecular complexity index is 1050. The first kappa shape index (κ1) is 20.2. The number of ketones is 2. The van der Waals surface area contributed by atoms with Crippen LogP contribution in [-0.2, 0) is 11.3 Å². The van der Waals surface area contributed by atoms with E-state index in [1.165, 1.54) is 26.4 Å². The van der Waals surface area contributed by atoms with Crippen molar-refractivity contribution >= 4 is 23.2 Å². The summed E-state index contributed by atoms with van der Waals surface area (Å²) in [5.41, 5.74) is 0.0819. The maximum absolute atomic E-state index is 13.4. The Balaban J connectivity index is 1.66. The summed E-state index contributed by atoms with van der Waals surface area (Å²) >= 11 is 6.39. The largest absolute Gasteiger partial charge is 0.496 e. The van der Waals surface area contributed by atoms with Gasteiger partial charge in [-0.3, -0.25) is 14.6 Å². The van der Waals surface area contributed by atoms with E-state index in [9.17, 15) is 9.59 Å². The number of carbonyl (C=O) groups is 2. The van der Waals surface area contributed by atoms with Crippen LogP contribution < -0.4 is 19.5 Å². The number of ether oxygens (including phenoxy) is 3. The van der Waals surface area contributed by atoms with E-state index >= 15 is 0 Å². The summed E-state index contributed by atoms with van der Waals surface area (Å²) in [7, 11) is 2.89. The highest BCUT2D eigenvalue weighted by molar-refractivity contribution is 6.36. The van der Waals surface area contributed by atoms with E-state index < -0.39 is 23.1 Å². The molecule has 1 aliphatic heterocycles. The molecule has 2 aliphatic rings. The number of aromatic nitrogens is 1. The van der Waals surface area contributed by atoms with E-state index in [0.717, 1.165) is 11.4 Å². The van der Waals surface area contributed by atoms with Crippen LogP contribution in [-0.4, -0.2) is 36.4 Å². The topological polar surface area (TPSA) is 86.8 Å². The average molecular weight is 429 g/mol. The van der Waals surface area contributed by atoms with Crippen LogP contribution in [0.15, 0.2) is 42.2 Å². The number of allylic oxidation sites excluding steroid dienone is 1. The fourth-order valence-electron chi connectivity index (χ4n) is 3.96. The summed E-state index contributed by atoms with van der Waals surface area (Å²) in [5, 5.41) is 3.37. The van der Waals surface area contributed by atoms with Gasteiger partial charge in [0.15, 0.2) is 5.75 Å². The van der Waals surface area contributed by atoms with Gasteiger partial charge >= 0.3 is 0 Å². The molecule has 2 heterocycles. The van der Waals surface area contributed by atoms with Crippen LogP contribution >= 0.6 is 11.6 Å². The molecule has 1 aromatic carbocycles. The summed E-state index contributed by atoms with van der Waals surface area (Å²) in [4.78, 5) is 30.9. The van der Waals surface area contributed by atoms with Crippen LogP contribution in [0.25, 0.3) is 0 Å². The molecule has 4 rings (SSSR count). The second-order valence-electron chi connectivity index (χ2n) is 7.28. The maximum atomic E-state index is 13.4. The van der Waals surface area contributed by atoms with Gasteiger partial charge < -0.3 is 19.5 Å². The summed E-state index contributed by atoms with van der Waals surface area (Å²) < 4.78 is 16.6. The third kappa shape index (κ3) is 3.01. The molecule has 2 atom stereocenters. The Morgan fingerprint density at radius 1 is 1.27 bits per heavy atom. The number of methoxy groups -OCH3 is 2. The number of halogens is 1. The molecule has 0 radical (unpaired) electrons. The first-order chi connectivity index (χ1) is 14.4. The fraction of sp³-hybridized carbons (Fsp3) is 0.318. The van der Waals surface area contributed by atoms with Crippen molar-refractivity contribution in [1.82, 2.24) is 10.3 Å². The number of fused-ring (bicyclic) bond motifs is 1. The lowest BCUT2D eigenvalue weighted by Crippen LogP contribution is -2.55. The van der Waals surface area contributed by atoms with Crippen LogP contribution in [0.2, 0.25) is 5.02 Å². The number of nitrogens with one attached hydrogen (secondary N) is 1. The first-order valence-electron chi connectivity index (χ1n) is 9.49. The Labute approximate surface area is 179 Å². The summed E-state index contributed by atoms with van der Waals surface area (Å²) in [6.45, 7) is 2.29. The van der Waals surface area contributed by atoms with Crippen LogP contribution in [0.1, 0.15) is 29.4 Å². The highest BCUT2D eigenvalue weighted by Gasteiger charge is 2.60. The van der Waals surface area contributed by atoms with Crippen LogP contribution in [0, 0.1) is 5.92 Å². The number of carbonyl (C=O) groups excluding carboxylic acids is 2. The molecule has 0 saturated carbocycles. The zero-order valence-corrected chi connectivity index (χ0v) is 17.6. The molecule has 1 N–H and O–H groups in total. The lowest BCUT2D eigenvalue weighted by atomic mass is 9.74. The molecular weight excluding hydrogens is 408 g/mol. The van der Waals surface area contributed by atoms with Gasteiger partial charge in [-0.25, -0.2) is 0 Å². The van der Waals surface area contributed by atoms with Gasteiger partial charge in [-0.05, 0) is 18.6 Å². The predicted molar refractivity (Wildman–Crippen MR) is 110 cm³/mol. The van der Waals surface area contributed by atoms with Gasteiger partial charge in [0.25, 0.3) is 0 Å². The summed E-state index contributed by atoms with van der Waals surface area (Å²) in [6, 6.07) is 7.16. The molecule has 8 heteroatoms. The van der Waals surface area contributed by atoms with Crippen molar-refractivity contribution in [2.24, 2.45) is 5.92 Å². The van der Waals surface area contributed by atoms with Gasteiger partial charge in [0.05, 0.1) is 26.5 Å². The molecule has 0 amide bonds. The molecular formula is C22H21ClN2O5. The molecule has 7 nitrogen and oxygen atoms in total. The van der Waals surface area contributed by atoms with E-state index in [4.69, 9.17) is 25.8 Å². The van der Waals surface area contributed by atoms with E-state index in [1.807, 2.05) is 25.1 Å². The monoisotopic (exact) mass is 428 g/mol. The smallest absolute Gasteiger partial charge is 0.236 e. The minimum atomic E-state index is -1.66. The van der Waals surface area contributed by atoms with E-state index in [2.05, 4.69) is 10.3 Å². The van der Waals surface area contributed by atoms with Crippen LogP contribution in [0.4, 0.5) is 0 Å². The zero-order valence-electron chi connectivity index (χ0n) is 16.8. The molecule has 1 spiro atoms. The van der Waals surface area contributed by atoms with Crippen LogP contribution in [0.3, 0.4) is 0 Å². The summed E-state index contributed by atoms with van der Waals surface area (Å²) in [5.74, 6) is -0.610. The number of Topliss-reactive ketones (excluding diaryl/α,β-unsaturated/α-hetero) is 1. The Morgan fingerprint density at radius 3 is 2.67 bits per heavy atom.